The zero-order chi connectivity index (χ0) is 19.8. The summed E-state index contributed by atoms with van der Waals surface area (Å²) in [6.07, 6.45) is 2.37. The number of methoxy groups -OCH3 is 1. The van der Waals surface area contributed by atoms with Gasteiger partial charge in [0.2, 0.25) is 5.88 Å². The van der Waals surface area contributed by atoms with E-state index in [-0.39, 0.29) is 23.1 Å². The second-order valence-corrected chi connectivity index (χ2v) is 5.31. The molecule has 0 amide bonds. The van der Waals surface area contributed by atoms with E-state index in [2.05, 4.69) is 9.97 Å². The minimum atomic E-state index is -0.789. The van der Waals surface area contributed by atoms with Crippen molar-refractivity contribution in [2.45, 2.75) is 0 Å². The smallest absolute Gasteiger partial charge is 0.389 e. The Balaban J connectivity index is 1.68. The van der Waals surface area contributed by atoms with E-state index in [1.807, 2.05) is 6.07 Å². The van der Waals surface area contributed by atoms with E-state index >= 15 is 0 Å². The zero-order valence-corrected chi connectivity index (χ0v) is 14.7. The predicted molar refractivity (Wildman–Crippen MR) is 96.7 cm³/mol. The van der Waals surface area contributed by atoms with Crippen LogP contribution in [0.3, 0.4) is 0 Å². The van der Waals surface area contributed by atoms with E-state index in [1.165, 1.54) is 37.6 Å². The Kier molecular flexibility index (Phi) is 6.14. The molecule has 7 nitrogen and oxygen atoms in total. The Labute approximate surface area is 159 Å². The maximum Gasteiger partial charge on any atom is 0.389 e. The molecule has 1 aromatic heterocycles. The summed E-state index contributed by atoms with van der Waals surface area (Å²) in [5.74, 6) is -1.43. The van der Waals surface area contributed by atoms with Crippen LogP contribution < -0.4 is 9.62 Å². The molecule has 0 saturated carbocycles. The van der Waals surface area contributed by atoms with Crippen LogP contribution in [0.25, 0.3) is 5.57 Å². The van der Waals surface area contributed by atoms with Gasteiger partial charge in [-0.25, -0.2) is 19.1 Å². The maximum atomic E-state index is 13.7. The van der Waals surface area contributed by atoms with Crippen molar-refractivity contribution in [3.05, 3.63) is 84.6 Å². The van der Waals surface area contributed by atoms with Gasteiger partial charge < -0.3 is 9.47 Å². The fourth-order valence-corrected chi connectivity index (χ4v) is 2.16. The van der Waals surface area contributed by atoms with Crippen molar-refractivity contribution in [1.29, 1.82) is 0 Å². The number of carbonyl (C=O) groups excluding carboxylic acids is 1. The highest BCUT2D eigenvalue weighted by Crippen LogP contribution is 2.24. The van der Waals surface area contributed by atoms with Gasteiger partial charge in [-0.05, 0) is 17.7 Å². The van der Waals surface area contributed by atoms with E-state index in [4.69, 9.17) is 19.2 Å². The lowest BCUT2D eigenvalue weighted by Gasteiger charge is -2.08. The van der Waals surface area contributed by atoms with Crippen molar-refractivity contribution >= 4 is 11.5 Å². The van der Waals surface area contributed by atoms with Gasteiger partial charge in [0.1, 0.15) is 11.9 Å². The van der Waals surface area contributed by atoms with Crippen LogP contribution >= 0.6 is 0 Å². The van der Waals surface area contributed by atoms with Gasteiger partial charge in [-0.2, -0.15) is 4.98 Å². The molecule has 142 valence electrons. The first-order chi connectivity index (χ1) is 13.7. The second kappa shape index (κ2) is 9.13. The molecule has 0 atom stereocenters. The van der Waals surface area contributed by atoms with Crippen LogP contribution in [-0.4, -0.2) is 23.0 Å². The molecule has 2 aromatic carbocycles. The lowest BCUT2D eigenvalue weighted by Crippen LogP contribution is -2.11. The molecule has 1 heterocycles. The van der Waals surface area contributed by atoms with Gasteiger partial charge in [-0.1, -0.05) is 42.5 Å². The summed E-state index contributed by atoms with van der Waals surface area (Å²) in [5, 5.41) is 0. The van der Waals surface area contributed by atoms with E-state index in [1.54, 1.807) is 30.3 Å². The van der Waals surface area contributed by atoms with Crippen molar-refractivity contribution in [3.8, 4) is 17.5 Å². The Morgan fingerprint density at radius 3 is 2.46 bits per heavy atom. The van der Waals surface area contributed by atoms with Crippen molar-refractivity contribution in [3.63, 3.8) is 0 Å². The van der Waals surface area contributed by atoms with Gasteiger partial charge in [0, 0.05) is 0 Å². The first-order valence-electron chi connectivity index (χ1n) is 8.09. The molecular formula is C20H15FN2O5. The second-order valence-electron chi connectivity index (χ2n) is 5.31. The van der Waals surface area contributed by atoms with E-state index in [0.29, 0.717) is 5.56 Å². The molecule has 28 heavy (non-hydrogen) atoms. The van der Waals surface area contributed by atoms with E-state index < -0.39 is 11.8 Å². The van der Waals surface area contributed by atoms with Gasteiger partial charge in [0.05, 0.1) is 19.4 Å². The molecule has 3 aromatic rings. The lowest BCUT2D eigenvalue weighted by molar-refractivity contribution is -0.207. The number of nitrogens with zero attached hydrogens (tertiary/aromatic N) is 2. The highest BCUT2D eigenvalue weighted by Gasteiger charge is 2.17. The Hall–Kier alpha value is -3.94. The third-order valence-corrected chi connectivity index (χ3v) is 3.41. The summed E-state index contributed by atoms with van der Waals surface area (Å²) < 4.78 is 23.9. The largest absolute Gasteiger partial charge is 0.503 e. The summed E-state index contributed by atoms with van der Waals surface area (Å²) in [6, 6.07) is 15.9. The zero-order valence-electron chi connectivity index (χ0n) is 14.7. The summed E-state index contributed by atoms with van der Waals surface area (Å²) in [5.41, 5.74) is 0.740. The molecule has 0 saturated heterocycles. The van der Waals surface area contributed by atoms with Crippen molar-refractivity contribution in [2.75, 3.05) is 7.11 Å². The number of hydrogen-bond donors (Lipinski definition) is 0. The van der Waals surface area contributed by atoms with Crippen LogP contribution in [0, 0.1) is 5.82 Å². The number of benzene rings is 2. The first kappa shape index (κ1) is 18.8. The van der Waals surface area contributed by atoms with Crippen LogP contribution in [-0.2, 0) is 14.4 Å². The number of ether oxygens (including phenoxy) is 2. The Morgan fingerprint density at radius 1 is 1.00 bits per heavy atom. The fraction of sp³-hybridized carbons (Fsp3) is 0.0500. The average Bonchev–Trinajstić information content (AvgIpc) is 2.73. The number of aromatic nitrogens is 2. The van der Waals surface area contributed by atoms with E-state index in [0.717, 1.165) is 6.33 Å². The van der Waals surface area contributed by atoms with Gasteiger partial charge in [0.25, 0.3) is 5.88 Å². The van der Waals surface area contributed by atoms with Crippen molar-refractivity contribution < 1.29 is 28.4 Å². The van der Waals surface area contributed by atoms with Crippen LogP contribution in [0.15, 0.2) is 73.3 Å². The molecule has 0 bridgehead atoms. The number of halogens is 1. The highest BCUT2D eigenvalue weighted by molar-refractivity contribution is 6.15. The molecule has 0 radical (unpaired) electrons. The number of rotatable bonds is 7. The molecule has 0 fully saturated rings. The van der Waals surface area contributed by atoms with Crippen LogP contribution in [0.5, 0.6) is 17.5 Å². The number of hydrogen-bond acceptors (Lipinski definition) is 7. The minimum absolute atomic E-state index is 0.0152. The molecule has 0 spiro atoms. The molecule has 0 aliphatic heterocycles. The van der Waals surface area contributed by atoms with Crippen molar-refractivity contribution in [2.24, 2.45) is 0 Å². The lowest BCUT2D eigenvalue weighted by atomic mass is 10.1. The standard InChI is InChI=1S/C20H15FN2O5/c1-25-12-15(14-7-3-2-4-8-14)20(24)28-27-19-11-18(22-13-23-19)26-17-10-6-5-9-16(17)21/h2-13H,1H3. The van der Waals surface area contributed by atoms with Crippen LogP contribution in [0.2, 0.25) is 0 Å². The third kappa shape index (κ3) is 4.82. The first-order valence-corrected chi connectivity index (χ1v) is 8.09. The predicted octanol–water partition coefficient (Wildman–Crippen LogP) is 3.93. The molecule has 0 unspecified atom stereocenters. The Morgan fingerprint density at radius 2 is 1.71 bits per heavy atom. The normalized spacial score (nSPS) is 10.9. The topological polar surface area (TPSA) is 79.8 Å². The quantitative estimate of drug-likeness (QED) is 0.265. The number of para-hydroxylation sites is 1. The van der Waals surface area contributed by atoms with Gasteiger partial charge >= 0.3 is 5.97 Å². The molecule has 0 aliphatic rings. The van der Waals surface area contributed by atoms with Crippen molar-refractivity contribution in [1.82, 2.24) is 9.97 Å². The summed E-state index contributed by atoms with van der Waals surface area (Å²) in [7, 11) is 1.41. The molecule has 0 N–H and O–H groups in total. The summed E-state index contributed by atoms with van der Waals surface area (Å²) >= 11 is 0. The average molecular weight is 382 g/mol. The monoisotopic (exact) mass is 382 g/mol. The molecular weight excluding hydrogens is 367 g/mol. The molecule has 0 aliphatic carbocycles. The van der Waals surface area contributed by atoms with E-state index in [9.17, 15) is 9.18 Å². The van der Waals surface area contributed by atoms with Crippen LogP contribution in [0.1, 0.15) is 5.56 Å². The highest BCUT2D eigenvalue weighted by atomic mass is 19.1. The van der Waals surface area contributed by atoms with Gasteiger partial charge in [-0.3, -0.25) is 4.89 Å². The van der Waals surface area contributed by atoms with Gasteiger partial charge in [0.15, 0.2) is 11.6 Å². The number of carbonyl (C=O) groups is 1. The molecule has 3 rings (SSSR count). The SMILES string of the molecule is COC=C(C(=O)OOc1cc(Oc2ccccc2F)ncn1)c1ccccc1. The summed E-state index contributed by atoms with van der Waals surface area (Å²) in [6.45, 7) is 0. The Bertz CT molecular complexity index is 979. The maximum absolute atomic E-state index is 13.7. The molecule has 8 heteroatoms. The van der Waals surface area contributed by atoms with Gasteiger partial charge in [-0.15, -0.1) is 0 Å². The fourth-order valence-electron chi connectivity index (χ4n) is 2.16. The summed E-state index contributed by atoms with van der Waals surface area (Å²) in [4.78, 5) is 29.8. The van der Waals surface area contributed by atoms with Crippen LogP contribution in [0.4, 0.5) is 4.39 Å². The minimum Gasteiger partial charge on any atom is -0.503 e. The third-order valence-electron chi connectivity index (χ3n) is 3.41.